The van der Waals surface area contributed by atoms with Gasteiger partial charge in [0.2, 0.25) is 15.9 Å². The normalized spacial score (nSPS) is 11.1. The summed E-state index contributed by atoms with van der Waals surface area (Å²) < 4.78 is 59.7. The summed E-state index contributed by atoms with van der Waals surface area (Å²) >= 11 is 0. The fraction of sp³-hybridized carbons (Fsp3) is 0.0909. The van der Waals surface area contributed by atoms with Crippen molar-refractivity contribution in [1.82, 2.24) is 15.0 Å². The zero-order chi connectivity index (χ0) is 23.1. The molecule has 0 aliphatic rings. The van der Waals surface area contributed by atoms with E-state index in [1.807, 2.05) is 0 Å². The van der Waals surface area contributed by atoms with Crippen molar-refractivity contribution in [3.05, 3.63) is 96.2 Å². The number of ether oxygens (including phenoxy) is 1. The Labute approximate surface area is 183 Å². The van der Waals surface area contributed by atoms with Crippen molar-refractivity contribution in [2.45, 2.75) is 11.4 Å². The van der Waals surface area contributed by atoms with Crippen LogP contribution in [0, 0.1) is 11.6 Å². The molecule has 10 heteroatoms. The second-order valence-electron chi connectivity index (χ2n) is 6.50. The SMILES string of the molecule is C=CCNS(=O)(=O)c1cc(C(=O)NCc2cccnc2Oc2cccc(F)c2)ccc1F. The molecule has 0 aliphatic carbocycles. The number of rotatable bonds is 9. The number of hydrogen-bond donors (Lipinski definition) is 2. The van der Waals surface area contributed by atoms with E-state index in [1.54, 1.807) is 18.2 Å². The molecule has 0 spiro atoms. The zero-order valence-electron chi connectivity index (χ0n) is 16.7. The van der Waals surface area contributed by atoms with Crippen LogP contribution in [0.5, 0.6) is 11.6 Å². The third-order valence-electron chi connectivity index (χ3n) is 4.20. The summed E-state index contributed by atoms with van der Waals surface area (Å²) in [5.41, 5.74) is 0.439. The maximum atomic E-state index is 14.1. The van der Waals surface area contributed by atoms with Crippen molar-refractivity contribution < 1.29 is 26.7 Å². The van der Waals surface area contributed by atoms with E-state index in [1.165, 1.54) is 36.5 Å². The number of carbonyl (C=O) groups excluding carboxylic acids is 1. The highest BCUT2D eigenvalue weighted by Gasteiger charge is 2.20. The highest BCUT2D eigenvalue weighted by Crippen LogP contribution is 2.23. The Kier molecular flexibility index (Phi) is 7.29. The third-order valence-corrected chi connectivity index (χ3v) is 5.64. The molecule has 0 radical (unpaired) electrons. The van der Waals surface area contributed by atoms with E-state index in [-0.39, 0.29) is 30.3 Å². The Morgan fingerprint density at radius 1 is 1.12 bits per heavy atom. The molecule has 0 unspecified atom stereocenters. The van der Waals surface area contributed by atoms with E-state index in [0.717, 1.165) is 12.1 Å². The van der Waals surface area contributed by atoms with Gasteiger partial charge in [0, 0.05) is 36.5 Å². The molecule has 2 N–H and O–H groups in total. The molecule has 0 atom stereocenters. The van der Waals surface area contributed by atoms with Crippen LogP contribution in [0.1, 0.15) is 15.9 Å². The number of halogens is 2. The number of nitrogens with zero attached hydrogens (tertiary/aromatic N) is 1. The molecule has 1 heterocycles. The average Bonchev–Trinajstić information content (AvgIpc) is 2.77. The van der Waals surface area contributed by atoms with Crippen LogP contribution in [-0.2, 0) is 16.6 Å². The molecule has 0 fully saturated rings. The number of carbonyl (C=O) groups is 1. The summed E-state index contributed by atoms with van der Waals surface area (Å²) in [6, 6.07) is 11.8. The van der Waals surface area contributed by atoms with Crippen LogP contribution in [0.4, 0.5) is 8.78 Å². The molecule has 7 nitrogen and oxygen atoms in total. The monoisotopic (exact) mass is 459 g/mol. The summed E-state index contributed by atoms with van der Waals surface area (Å²) in [5, 5.41) is 2.61. The van der Waals surface area contributed by atoms with E-state index in [2.05, 4.69) is 21.6 Å². The number of amides is 1. The standard InChI is InChI=1S/C22H19F2N3O4S/c1-2-10-27-32(29,30)20-12-15(8-9-19(20)24)21(28)26-14-16-5-4-11-25-22(16)31-18-7-3-6-17(23)13-18/h2-9,11-13,27H,1,10,14H2,(H,26,28). The van der Waals surface area contributed by atoms with Gasteiger partial charge in [0.1, 0.15) is 22.3 Å². The Hall–Kier alpha value is -3.63. The van der Waals surface area contributed by atoms with E-state index in [4.69, 9.17) is 4.74 Å². The predicted molar refractivity (Wildman–Crippen MR) is 114 cm³/mol. The lowest BCUT2D eigenvalue weighted by Gasteiger charge is -2.12. The molecular weight excluding hydrogens is 440 g/mol. The second kappa shape index (κ2) is 10.1. The highest BCUT2D eigenvalue weighted by atomic mass is 32.2. The van der Waals surface area contributed by atoms with Crippen molar-refractivity contribution >= 4 is 15.9 Å². The third kappa shape index (κ3) is 5.74. The molecule has 0 saturated carbocycles. The number of hydrogen-bond acceptors (Lipinski definition) is 5. The number of benzene rings is 2. The van der Waals surface area contributed by atoms with Crippen molar-refractivity contribution in [1.29, 1.82) is 0 Å². The Morgan fingerprint density at radius 3 is 2.69 bits per heavy atom. The Balaban J connectivity index is 1.75. The van der Waals surface area contributed by atoms with Gasteiger partial charge in [0.15, 0.2) is 0 Å². The molecule has 166 valence electrons. The fourth-order valence-electron chi connectivity index (χ4n) is 2.67. The van der Waals surface area contributed by atoms with Gasteiger partial charge in [-0.1, -0.05) is 18.2 Å². The first-order valence-corrected chi connectivity index (χ1v) is 10.8. The van der Waals surface area contributed by atoms with Crippen LogP contribution >= 0.6 is 0 Å². The van der Waals surface area contributed by atoms with Gasteiger partial charge in [-0.2, -0.15) is 0 Å². The van der Waals surface area contributed by atoms with Crippen LogP contribution in [0.25, 0.3) is 0 Å². The van der Waals surface area contributed by atoms with Gasteiger partial charge in [0.25, 0.3) is 5.91 Å². The average molecular weight is 459 g/mol. The fourth-order valence-corrected chi connectivity index (χ4v) is 3.77. The summed E-state index contributed by atoms with van der Waals surface area (Å²) in [6.07, 6.45) is 2.79. The van der Waals surface area contributed by atoms with Crippen LogP contribution in [0.2, 0.25) is 0 Å². The number of sulfonamides is 1. The number of nitrogens with one attached hydrogen (secondary N) is 2. The number of aromatic nitrogens is 1. The second-order valence-corrected chi connectivity index (χ2v) is 8.23. The molecule has 1 aromatic heterocycles. The van der Waals surface area contributed by atoms with Gasteiger partial charge in [-0.3, -0.25) is 4.79 Å². The molecule has 3 rings (SSSR count). The lowest BCUT2D eigenvalue weighted by molar-refractivity contribution is 0.0950. The minimum atomic E-state index is -4.16. The molecule has 0 saturated heterocycles. The largest absolute Gasteiger partial charge is 0.439 e. The molecule has 0 aliphatic heterocycles. The maximum absolute atomic E-state index is 14.1. The highest BCUT2D eigenvalue weighted by molar-refractivity contribution is 7.89. The van der Waals surface area contributed by atoms with Gasteiger partial charge < -0.3 is 10.1 Å². The first-order chi connectivity index (χ1) is 15.3. The van der Waals surface area contributed by atoms with Gasteiger partial charge >= 0.3 is 0 Å². The lowest BCUT2D eigenvalue weighted by Crippen LogP contribution is -2.26. The molecule has 2 aromatic carbocycles. The van der Waals surface area contributed by atoms with Gasteiger partial charge in [-0.25, -0.2) is 26.9 Å². The molecule has 1 amide bonds. The minimum Gasteiger partial charge on any atom is -0.439 e. The minimum absolute atomic E-state index is 0.0223. The summed E-state index contributed by atoms with van der Waals surface area (Å²) in [6.45, 7) is 3.29. The first-order valence-electron chi connectivity index (χ1n) is 9.36. The first kappa shape index (κ1) is 23.0. The lowest BCUT2D eigenvalue weighted by atomic mass is 10.2. The quantitative estimate of drug-likeness (QED) is 0.477. The topological polar surface area (TPSA) is 97.4 Å². The smallest absolute Gasteiger partial charge is 0.251 e. The summed E-state index contributed by atoms with van der Waals surface area (Å²) in [4.78, 5) is 16.0. The van der Waals surface area contributed by atoms with E-state index >= 15 is 0 Å². The van der Waals surface area contributed by atoms with Crippen LogP contribution in [0.15, 0.2) is 78.3 Å². The van der Waals surface area contributed by atoms with Gasteiger partial charge in [-0.15, -0.1) is 6.58 Å². The van der Waals surface area contributed by atoms with Crippen LogP contribution in [0.3, 0.4) is 0 Å². The van der Waals surface area contributed by atoms with Crippen molar-refractivity contribution in [3.8, 4) is 11.6 Å². The summed E-state index contributed by atoms with van der Waals surface area (Å²) in [7, 11) is -4.16. The van der Waals surface area contributed by atoms with E-state index < -0.39 is 32.5 Å². The maximum Gasteiger partial charge on any atom is 0.251 e. The Bertz CT molecular complexity index is 1250. The predicted octanol–water partition coefficient (Wildman–Crippen LogP) is 3.55. The molecule has 3 aromatic rings. The Morgan fingerprint density at radius 2 is 1.94 bits per heavy atom. The van der Waals surface area contributed by atoms with Crippen LogP contribution < -0.4 is 14.8 Å². The molecule has 32 heavy (non-hydrogen) atoms. The van der Waals surface area contributed by atoms with Gasteiger partial charge in [-0.05, 0) is 36.4 Å². The molecular formula is C22H19F2N3O4S. The van der Waals surface area contributed by atoms with Gasteiger partial charge in [0.05, 0.1) is 0 Å². The van der Waals surface area contributed by atoms with E-state index in [9.17, 15) is 22.0 Å². The number of pyridine rings is 1. The summed E-state index contributed by atoms with van der Waals surface area (Å²) in [5.74, 6) is -1.70. The van der Waals surface area contributed by atoms with Crippen molar-refractivity contribution in [3.63, 3.8) is 0 Å². The van der Waals surface area contributed by atoms with E-state index in [0.29, 0.717) is 5.56 Å². The molecule has 0 bridgehead atoms. The van der Waals surface area contributed by atoms with Crippen molar-refractivity contribution in [2.24, 2.45) is 0 Å². The van der Waals surface area contributed by atoms with Crippen molar-refractivity contribution in [2.75, 3.05) is 6.54 Å². The zero-order valence-corrected chi connectivity index (χ0v) is 17.5. The van der Waals surface area contributed by atoms with Crippen LogP contribution in [-0.4, -0.2) is 25.9 Å².